The lowest BCUT2D eigenvalue weighted by atomic mass is 9.80. The molecule has 2 aliphatic rings. The molecule has 1 fully saturated rings. The topological polar surface area (TPSA) is 78.5 Å². The first-order valence-electron chi connectivity index (χ1n) is 9.45. The summed E-state index contributed by atoms with van der Waals surface area (Å²) < 4.78 is 0. The zero-order chi connectivity index (χ0) is 20.4. The standard InChI is InChI=1S/C22H20ClN3O3/c23-16-7-3-5-14(11-16)13-24-20(27)15-6-4-8-17(12-15)26-22(29)19-10-2-1-9-18(19)21(28)25-26/h1-8,11-12,18-19H,9-10,13H2,(H,24,27)(H,25,28). The number of anilines is 1. The SMILES string of the molecule is O=C(NCc1cccc(Cl)c1)c1cccc(N2NC(=O)C3CC=CCC3C2=O)c1. The Kier molecular flexibility index (Phi) is 5.36. The van der Waals surface area contributed by atoms with Gasteiger partial charge in [-0.2, -0.15) is 0 Å². The molecule has 6 nitrogen and oxygen atoms in total. The number of hydrogen-bond acceptors (Lipinski definition) is 3. The molecule has 0 bridgehead atoms. The van der Waals surface area contributed by atoms with Crippen LogP contribution >= 0.6 is 11.6 Å². The number of benzene rings is 2. The van der Waals surface area contributed by atoms with Crippen LogP contribution in [0.1, 0.15) is 28.8 Å². The highest BCUT2D eigenvalue weighted by Gasteiger charge is 2.42. The molecule has 1 saturated heterocycles. The van der Waals surface area contributed by atoms with Crippen LogP contribution in [0.15, 0.2) is 60.7 Å². The Morgan fingerprint density at radius 2 is 1.83 bits per heavy atom. The minimum atomic E-state index is -0.367. The van der Waals surface area contributed by atoms with Gasteiger partial charge >= 0.3 is 0 Å². The van der Waals surface area contributed by atoms with Gasteiger partial charge in [0.05, 0.1) is 17.5 Å². The Labute approximate surface area is 173 Å². The number of hydrogen-bond donors (Lipinski definition) is 2. The Morgan fingerprint density at radius 1 is 1.07 bits per heavy atom. The van der Waals surface area contributed by atoms with Crippen LogP contribution in [0.4, 0.5) is 5.69 Å². The van der Waals surface area contributed by atoms with E-state index < -0.39 is 0 Å². The molecule has 148 valence electrons. The predicted molar refractivity (Wildman–Crippen MR) is 110 cm³/mol. The summed E-state index contributed by atoms with van der Waals surface area (Å²) in [4.78, 5) is 37.9. The summed E-state index contributed by atoms with van der Waals surface area (Å²) in [6.07, 6.45) is 5.00. The monoisotopic (exact) mass is 409 g/mol. The van der Waals surface area contributed by atoms with Gasteiger partial charge in [-0.05, 0) is 48.7 Å². The molecule has 1 aliphatic heterocycles. The van der Waals surface area contributed by atoms with E-state index in [0.717, 1.165) is 5.56 Å². The first-order chi connectivity index (χ1) is 14.0. The Bertz CT molecular complexity index is 1000. The molecule has 2 unspecified atom stereocenters. The maximum Gasteiger partial charge on any atom is 0.251 e. The van der Waals surface area contributed by atoms with E-state index in [1.165, 1.54) is 5.01 Å². The summed E-state index contributed by atoms with van der Waals surface area (Å²) in [5, 5.41) is 4.71. The molecule has 2 aromatic carbocycles. The number of hydrazine groups is 1. The molecule has 1 aliphatic carbocycles. The van der Waals surface area contributed by atoms with Crippen molar-refractivity contribution in [1.82, 2.24) is 10.7 Å². The number of carbonyl (C=O) groups is 3. The van der Waals surface area contributed by atoms with Gasteiger partial charge in [-0.1, -0.05) is 42.0 Å². The fourth-order valence-electron chi connectivity index (χ4n) is 3.70. The molecule has 0 aromatic heterocycles. The van der Waals surface area contributed by atoms with Gasteiger partial charge < -0.3 is 5.32 Å². The van der Waals surface area contributed by atoms with Crippen LogP contribution in [-0.2, 0) is 16.1 Å². The summed E-state index contributed by atoms with van der Waals surface area (Å²) in [7, 11) is 0. The molecule has 3 amide bonds. The maximum atomic E-state index is 12.9. The summed E-state index contributed by atoms with van der Waals surface area (Å²) in [6, 6.07) is 13.9. The van der Waals surface area contributed by atoms with Crippen LogP contribution in [-0.4, -0.2) is 17.7 Å². The molecule has 0 saturated carbocycles. The number of fused-ring (bicyclic) bond motifs is 1. The molecule has 7 heteroatoms. The van der Waals surface area contributed by atoms with Crippen molar-refractivity contribution < 1.29 is 14.4 Å². The number of nitrogens with zero attached hydrogens (tertiary/aromatic N) is 1. The molecular formula is C22H20ClN3O3. The smallest absolute Gasteiger partial charge is 0.251 e. The van der Waals surface area contributed by atoms with E-state index in [-0.39, 0.29) is 29.6 Å². The molecule has 2 N–H and O–H groups in total. The second-order valence-corrected chi connectivity index (χ2v) is 7.60. The van der Waals surface area contributed by atoms with Gasteiger partial charge in [0.25, 0.3) is 5.91 Å². The van der Waals surface area contributed by atoms with Crippen LogP contribution in [0.2, 0.25) is 5.02 Å². The van der Waals surface area contributed by atoms with Gasteiger partial charge in [-0.15, -0.1) is 0 Å². The highest BCUT2D eigenvalue weighted by molar-refractivity contribution is 6.30. The Hall–Kier alpha value is -3.12. The van der Waals surface area contributed by atoms with Gasteiger partial charge in [0, 0.05) is 17.1 Å². The van der Waals surface area contributed by atoms with E-state index in [1.807, 2.05) is 24.3 Å². The minimum Gasteiger partial charge on any atom is -0.348 e. The van der Waals surface area contributed by atoms with E-state index in [1.54, 1.807) is 36.4 Å². The van der Waals surface area contributed by atoms with Crippen molar-refractivity contribution in [1.29, 1.82) is 0 Å². The lowest BCUT2D eigenvalue weighted by Crippen LogP contribution is -2.59. The summed E-state index contributed by atoms with van der Waals surface area (Å²) in [5.41, 5.74) is 4.43. The van der Waals surface area contributed by atoms with E-state index in [9.17, 15) is 14.4 Å². The molecule has 1 heterocycles. The fraction of sp³-hybridized carbons (Fsp3) is 0.227. The molecule has 2 atom stereocenters. The quantitative estimate of drug-likeness (QED) is 0.761. The first kappa shape index (κ1) is 19.2. The lowest BCUT2D eigenvalue weighted by molar-refractivity contribution is -0.139. The van der Waals surface area contributed by atoms with Crippen LogP contribution < -0.4 is 15.8 Å². The van der Waals surface area contributed by atoms with Crippen LogP contribution in [0, 0.1) is 11.8 Å². The summed E-state index contributed by atoms with van der Waals surface area (Å²) >= 11 is 5.97. The second kappa shape index (κ2) is 8.09. The Morgan fingerprint density at radius 3 is 2.62 bits per heavy atom. The number of halogens is 1. The number of carbonyl (C=O) groups excluding carboxylic acids is 3. The molecule has 29 heavy (non-hydrogen) atoms. The molecule has 2 aromatic rings. The zero-order valence-corrected chi connectivity index (χ0v) is 16.4. The van der Waals surface area contributed by atoms with Gasteiger partial charge in [-0.3, -0.25) is 19.8 Å². The number of nitrogens with one attached hydrogen (secondary N) is 2. The molecule has 4 rings (SSSR count). The van der Waals surface area contributed by atoms with Gasteiger partial charge in [0.2, 0.25) is 11.8 Å². The van der Waals surface area contributed by atoms with E-state index in [0.29, 0.717) is 35.7 Å². The fourth-order valence-corrected chi connectivity index (χ4v) is 3.91. The number of rotatable bonds is 4. The Balaban J connectivity index is 1.49. The lowest BCUT2D eigenvalue weighted by Gasteiger charge is -2.38. The van der Waals surface area contributed by atoms with Gasteiger partial charge in [0.1, 0.15) is 0 Å². The molecule has 0 radical (unpaired) electrons. The van der Waals surface area contributed by atoms with Crippen molar-refractivity contribution in [3.8, 4) is 0 Å². The van der Waals surface area contributed by atoms with Crippen molar-refractivity contribution >= 4 is 35.0 Å². The van der Waals surface area contributed by atoms with E-state index in [2.05, 4.69) is 10.7 Å². The van der Waals surface area contributed by atoms with Crippen LogP contribution in [0.5, 0.6) is 0 Å². The second-order valence-electron chi connectivity index (χ2n) is 7.17. The van der Waals surface area contributed by atoms with E-state index >= 15 is 0 Å². The third-order valence-electron chi connectivity index (χ3n) is 5.24. The predicted octanol–water partition coefficient (Wildman–Crippen LogP) is 3.23. The van der Waals surface area contributed by atoms with Crippen LogP contribution in [0.3, 0.4) is 0 Å². The van der Waals surface area contributed by atoms with Crippen molar-refractivity contribution in [3.05, 3.63) is 76.8 Å². The van der Waals surface area contributed by atoms with Gasteiger partial charge in [-0.25, -0.2) is 5.01 Å². The molecule has 0 spiro atoms. The number of allylic oxidation sites excluding steroid dienone is 2. The first-order valence-corrected chi connectivity index (χ1v) is 9.83. The van der Waals surface area contributed by atoms with E-state index in [4.69, 9.17) is 11.6 Å². The zero-order valence-electron chi connectivity index (χ0n) is 15.6. The summed E-state index contributed by atoms with van der Waals surface area (Å²) in [6.45, 7) is 0.332. The molecular weight excluding hydrogens is 390 g/mol. The highest BCUT2D eigenvalue weighted by Crippen LogP contribution is 2.32. The van der Waals surface area contributed by atoms with Crippen molar-refractivity contribution in [2.45, 2.75) is 19.4 Å². The third kappa shape index (κ3) is 4.03. The normalized spacial score (nSPS) is 20.8. The number of amides is 3. The van der Waals surface area contributed by atoms with Crippen molar-refractivity contribution in [2.75, 3.05) is 5.01 Å². The van der Waals surface area contributed by atoms with Crippen molar-refractivity contribution in [3.63, 3.8) is 0 Å². The summed E-state index contributed by atoms with van der Waals surface area (Å²) in [5.74, 6) is -1.30. The third-order valence-corrected chi connectivity index (χ3v) is 5.47. The highest BCUT2D eigenvalue weighted by atomic mass is 35.5. The average Bonchev–Trinajstić information content (AvgIpc) is 2.75. The maximum absolute atomic E-state index is 12.9. The van der Waals surface area contributed by atoms with Gasteiger partial charge in [0.15, 0.2) is 0 Å². The van der Waals surface area contributed by atoms with Crippen molar-refractivity contribution in [2.24, 2.45) is 11.8 Å². The largest absolute Gasteiger partial charge is 0.348 e. The minimum absolute atomic E-state index is 0.157. The average molecular weight is 410 g/mol. The van der Waals surface area contributed by atoms with Crippen LogP contribution in [0.25, 0.3) is 0 Å².